The van der Waals surface area contributed by atoms with Crippen molar-refractivity contribution in [3.63, 3.8) is 0 Å². The lowest BCUT2D eigenvalue weighted by Gasteiger charge is -2.32. The predicted molar refractivity (Wildman–Crippen MR) is 110 cm³/mol. The summed E-state index contributed by atoms with van der Waals surface area (Å²) in [6.07, 6.45) is -1.94. The van der Waals surface area contributed by atoms with Gasteiger partial charge in [0.2, 0.25) is 0 Å². The fourth-order valence-electron chi connectivity index (χ4n) is 3.68. The summed E-state index contributed by atoms with van der Waals surface area (Å²) >= 11 is 1.07. The van der Waals surface area contributed by atoms with Crippen molar-refractivity contribution < 1.29 is 13.2 Å². The Hall–Kier alpha value is -2.70. The Bertz CT molecular complexity index is 1050. The summed E-state index contributed by atoms with van der Waals surface area (Å²) in [5.41, 5.74) is 1.83. The van der Waals surface area contributed by atoms with Gasteiger partial charge in [0.1, 0.15) is 17.0 Å². The molecule has 0 bridgehead atoms. The Balaban J connectivity index is 1.36. The summed E-state index contributed by atoms with van der Waals surface area (Å²) in [5, 5.41) is 13.0. The van der Waals surface area contributed by atoms with Gasteiger partial charge in [-0.2, -0.15) is 18.4 Å². The van der Waals surface area contributed by atoms with E-state index in [4.69, 9.17) is 5.26 Å². The zero-order chi connectivity index (χ0) is 21.1. The van der Waals surface area contributed by atoms with Gasteiger partial charge in [-0.1, -0.05) is 12.1 Å². The summed E-state index contributed by atoms with van der Waals surface area (Å²) in [4.78, 5) is 11.6. The molecule has 0 radical (unpaired) electrons. The van der Waals surface area contributed by atoms with Gasteiger partial charge in [0.25, 0.3) is 0 Å². The third kappa shape index (κ3) is 5.07. The number of piperidine rings is 1. The smallest absolute Gasteiger partial charge is 0.367 e. The van der Waals surface area contributed by atoms with Gasteiger partial charge in [-0.15, -0.1) is 11.3 Å². The molecule has 1 aliphatic rings. The molecule has 3 aromatic rings. The van der Waals surface area contributed by atoms with Crippen LogP contribution in [-0.4, -0.2) is 40.2 Å². The zero-order valence-corrected chi connectivity index (χ0v) is 16.9. The average Bonchev–Trinajstić information content (AvgIpc) is 3.12. The van der Waals surface area contributed by atoms with Gasteiger partial charge in [0.15, 0.2) is 0 Å². The van der Waals surface area contributed by atoms with Crippen molar-refractivity contribution in [2.45, 2.75) is 38.0 Å². The molecule has 0 aliphatic carbocycles. The number of halogens is 3. The first-order valence-corrected chi connectivity index (χ1v) is 10.5. The quantitative estimate of drug-likeness (QED) is 0.632. The van der Waals surface area contributed by atoms with E-state index in [2.05, 4.69) is 26.3 Å². The van der Waals surface area contributed by atoms with Crippen LogP contribution in [-0.2, 0) is 13.0 Å². The maximum absolute atomic E-state index is 12.7. The molecule has 0 spiro atoms. The molecule has 30 heavy (non-hydrogen) atoms. The summed E-state index contributed by atoms with van der Waals surface area (Å²) in [6.45, 7) is 2.66. The van der Waals surface area contributed by atoms with E-state index in [0.29, 0.717) is 21.6 Å². The number of aromatic nitrogens is 2. The van der Waals surface area contributed by atoms with Gasteiger partial charge in [-0.3, -0.25) is 4.90 Å². The van der Waals surface area contributed by atoms with Crippen molar-refractivity contribution in [3.05, 3.63) is 52.7 Å². The number of hydrogen-bond donors (Lipinski definition) is 1. The fourth-order valence-corrected chi connectivity index (χ4v) is 4.70. The molecule has 0 atom stereocenters. The molecule has 0 saturated carbocycles. The number of fused-ring (bicyclic) bond motifs is 1. The minimum absolute atomic E-state index is 0.214. The lowest BCUT2D eigenvalue weighted by molar-refractivity contribution is -0.126. The molecule has 0 amide bonds. The number of thiophene rings is 1. The maximum Gasteiger partial charge on any atom is 0.393 e. The normalized spacial score (nSPS) is 15.9. The Morgan fingerprint density at radius 3 is 2.57 bits per heavy atom. The van der Waals surface area contributed by atoms with E-state index in [0.717, 1.165) is 43.8 Å². The maximum atomic E-state index is 12.7. The van der Waals surface area contributed by atoms with E-state index in [1.807, 2.05) is 24.3 Å². The number of anilines is 1. The first-order chi connectivity index (χ1) is 14.4. The molecule has 156 valence electrons. The van der Waals surface area contributed by atoms with E-state index in [9.17, 15) is 13.2 Å². The second-order valence-electron chi connectivity index (χ2n) is 7.45. The number of benzene rings is 1. The van der Waals surface area contributed by atoms with Crippen LogP contribution in [0.25, 0.3) is 10.2 Å². The molecular weight excluding hydrogens is 411 g/mol. The van der Waals surface area contributed by atoms with Crippen molar-refractivity contribution in [1.29, 1.82) is 5.26 Å². The number of likely N-dealkylation sites (tertiary alicyclic amines) is 1. The van der Waals surface area contributed by atoms with Crippen molar-refractivity contribution in [2.75, 3.05) is 18.4 Å². The molecule has 1 saturated heterocycles. The molecule has 5 nitrogen and oxygen atoms in total. The largest absolute Gasteiger partial charge is 0.393 e. The summed E-state index contributed by atoms with van der Waals surface area (Å²) in [5.74, 6) is 0.607. The number of rotatable bonds is 5. The number of nitrogens with zero attached hydrogens (tertiary/aromatic N) is 4. The van der Waals surface area contributed by atoms with Crippen molar-refractivity contribution >= 4 is 27.4 Å². The third-order valence-corrected chi connectivity index (χ3v) is 6.22. The van der Waals surface area contributed by atoms with Gasteiger partial charge >= 0.3 is 6.18 Å². The molecule has 9 heteroatoms. The first-order valence-electron chi connectivity index (χ1n) is 9.68. The Kier molecular flexibility index (Phi) is 5.88. The molecule has 1 fully saturated rings. The SMILES string of the molecule is N#Cc1ccc(CN2CCC(Nc3ncnc4sc(CC(F)(F)F)cc34)CC2)cc1. The second-order valence-corrected chi connectivity index (χ2v) is 8.56. The van der Waals surface area contributed by atoms with Gasteiger partial charge in [-0.05, 0) is 36.6 Å². The van der Waals surface area contributed by atoms with Crippen LogP contribution >= 0.6 is 11.3 Å². The van der Waals surface area contributed by atoms with E-state index in [-0.39, 0.29) is 10.9 Å². The van der Waals surface area contributed by atoms with Crippen molar-refractivity contribution in [1.82, 2.24) is 14.9 Å². The summed E-state index contributed by atoms with van der Waals surface area (Å²) < 4.78 is 38.1. The molecular formula is C21H20F3N5S. The Morgan fingerprint density at radius 2 is 1.90 bits per heavy atom. The zero-order valence-electron chi connectivity index (χ0n) is 16.1. The second kappa shape index (κ2) is 8.58. The number of hydrogen-bond acceptors (Lipinski definition) is 6. The van der Waals surface area contributed by atoms with Crippen LogP contribution in [0, 0.1) is 11.3 Å². The van der Waals surface area contributed by atoms with Crippen LogP contribution in [0.3, 0.4) is 0 Å². The van der Waals surface area contributed by atoms with Gasteiger partial charge in [0, 0.05) is 30.6 Å². The topological polar surface area (TPSA) is 64.8 Å². The number of alkyl halides is 3. The standard InChI is InChI=1S/C21H20F3N5S/c22-21(23,24)10-17-9-18-19(26-13-27-20(18)30-17)28-16-5-7-29(8-6-16)12-15-3-1-14(11-25)2-4-15/h1-4,9,13,16H,5-8,10,12H2,(H,26,27,28). The fraction of sp³-hybridized carbons (Fsp3) is 0.381. The molecule has 3 heterocycles. The van der Waals surface area contributed by atoms with Gasteiger partial charge in [-0.25, -0.2) is 9.97 Å². The number of nitrogens with one attached hydrogen (secondary N) is 1. The predicted octanol–water partition coefficient (Wildman–Crippen LogP) is 4.74. The lowest BCUT2D eigenvalue weighted by atomic mass is 10.0. The van der Waals surface area contributed by atoms with E-state index in [1.54, 1.807) is 6.07 Å². The van der Waals surface area contributed by atoms with Crippen molar-refractivity contribution in [2.24, 2.45) is 0 Å². The van der Waals surface area contributed by atoms with Crippen LogP contribution in [0.5, 0.6) is 0 Å². The van der Waals surface area contributed by atoms with Gasteiger partial charge in [0.05, 0.1) is 23.4 Å². The first kappa shape index (κ1) is 20.6. The van der Waals surface area contributed by atoms with Gasteiger partial charge < -0.3 is 5.32 Å². The molecule has 1 N–H and O–H groups in total. The monoisotopic (exact) mass is 431 g/mol. The summed E-state index contributed by atoms with van der Waals surface area (Å²) in [6, 6.07) is 11.5. The number of nitriles is 1. The van der Waals surface area contributed by atoms with E-state index < -0.39 is 12.6 Å². The Labute approximate surface area is 176 Å². The van der Waals surface area contributed by atoms with Crippen LogP contribution in [0.1, 0.15) is 28.8 Å². The highest BCUT2D eigenvalue weighted by atomic mass is 32.1. The average molecular weight is 431 g/mol. The minimum Gasteiger partial charge on any atom is -0.367 e. The van der Waals surface area contributed by atoms with Crippen LogP contribution in [0.4, 0.5) is 19.0 Å². The minimum atomic E-state index is -4.23. The van der Waals surface area contributed by atoms with Crippen LogP contribution in [0.2, 0.25) is 0 Å². The molecule has 2 aromatic heterocycles. The lowest BCUT2D eigenvalue weighted by Crippen LogP contribution is -2.38. The highest BCUT2D eigenvalue weighted by molar-refractivity contribution is 7.18. The molecule has 1 aliphatic heterocycles. The highest BCUT2D eigenvalue weighted by Gasteiger charge is 2.29. The molecule has 1 aromatic carbocycles. The highest BCUT2D eigenvalue weighted by Crippen LogP contribution is 2.33. The molecule has 0 unspecified atom stereocenters. The molecule has 4 rings (SSSR count). The van der Waals surface area contributed by atoms with E-state index in [1.165, 1.54) is 11.9 Å². The van der Waals surface area contributed by atoms with Crippen LogP contribution < -0.4 is 5.32 Å². The summed E-state index contributed by atoms with van der Waals surface area (Å²) in [7, 11) is 0. The third-order valence-electron chi connectivity index (χ3n) is 5.17. The van der Waals surface area contributed by atoms with E-state index >= 15 is 0 Å². The van der Waals surface area contributed by atoms with Crippen molar-refractivity contribution in [3.8, 4) is 6.07 Å². The van der Waals surface area contributed by atoms with Crippen LogP contribution in [0.15, 0.2) is 36.7 Å². The Morgan fingerprint density at radius 1 is 1.17 bits per heavy atom.